The summed E-state index contributed by atoms with van der Waals surface area (Å²) in [6.07, 6.45) is -0.456. The highest BCUT2D eigenvalue weighted by atomic mass is 16.7. The largest absolute Gasteiger partial charge is 0.508 e. The van der Waals surface area contributed by atoms with Crippen LogP contribution in [0.15, 0.2) is 0 Å². The molecule has 0 aromatic rings. The Kier molecular flexibility index (Phi) is 7.14. The zero-order valence-electron chi connectivity index (χ0n) is 8.86. The molecule has 0 radical (unpaired) electrons. The van der Waals surface area contributed by atoms with Crippen molar-refractivity contribution >= 4 is 6.16 Å². The fourth-order valence-electron chi connectivity index (χ4n) is 0.845. The molecule has 0 saturated heterocycles. The molecule has 5 nitrogen and oxygen atoms in total. The minimum absolute atomic E-state index is 0.0469. The van der Waals surface area contributed by atoms with E-state index in [4.69, 9.17) is 14.6 Å². The summed E-state index contributed by atoms with van der Waals surface area (Å²) in [4.78, 5) is 10.6. The summed E-state index contributed by atoms with van der Waals surface area (Å²) in [6.45, 7) is 3.76. The number of aliphatic hydroxyl groups excluding tert-OH is 1. The Bertz CT molecular complexity index is 159. The maximum absolute atomic E-state index is 10.6. The van der Waals surface area contributed by atoms with Crippen molar-refractivity contribution in [2.45, 2.75) is 32.5 Å². The van der Waals surface area contributed by atoms with Gasteiger partial charge in [0, 0.05) is 0 Å². The van der Waals surface area contributed by atoms with Crippen LogP contribution in [-0.4, -0.2) is 43.8 Å². The van der Waals surface area contributed by atoms with Crippen molar-refractivity contribution in [2.75, 3.05) is 20.3 Å². The van der Waals surface area contributed by atoms with Gasteiger partial charge in [-0.05, 0) is 13.3 Å². The molecule has 0 aromatic carbocycles. The summed E-state index contributed by atoms with van der Waals surface area (Å²) in [5, 5.41) is 8.75. The van der Waals surface area contributed by atoms with E-state index >= 15 is 0 Å². The van der Waals surface area contributed by atoms with Crippen LogP contribution in [0.4, 0.5) is 4.79 Å². The maximum Gasteiger partial charge on any atom is 0.508 e. The second-order valence-electron chi connectivity index (χ2n) is 2.92. The first-order valence-electron chi connectivity index (χ1n) is 4.61. The quantitative estimate of drug-likeness (QED) is 0.655. The molecule has 1 N–H and O–H groups in total. The van der Waals surface area contributed by atoms with Gasteiger partial charge in [0.2, 0.25) is 0 Å². The van der Waals surface area contributed by atoms with Gasteiger partial charge in [-0.1, -0.05) is 6.92 Å². The number of carbonyl (C=O) groups is 1. The number of carbonyl (C=O) groups excluding carboxylic acids is 1. The number of rotatable bonds is 6. The van der Waals surface area contributed by atoms with Crippen LogP contribution in [0, 0.1) is 0 Å². The lowest BCUT2D eigenvalue weighted by Crippen LogP contribution is -2.27. The number of hydrogen-bond acceptors (Lipinski definition) is 5. The van der Waals surface area contributed by atoms with E-state index < -0.39 is 6.16 Å². The number of hydrogen-bond donors (Lipinski definition) is 1. The molecule has 0 heterocycles. The number of ether oxygens (including phenoxy) is 3. The van der Waals surface area contributed by atoms with Gasteiger partial charge in [0.1, 0.15) is 6.61 Å². The SMILES string of the molecule is CCC(COC(=O)OC)OC(C)CO. The van der Waals surface area contributed by atoms with Crippen LogP contribution in [-0.2, 0) is 14.2 Å². The Hall–Kier alpha value is -0.810. The first-order chi connectivity index (χ1) is 6.63. The van der Waals surface area contributed by atoms with Crippen molar-refractivity contribution in [3.05, 3.63) is 0 Å². The van der Waals surface area contributed by atoms with Gasteiger partial charge < -0.3 is 19.3 Å². The first kappa shape index (κ1) is 13.2. The number of aliphatic hydroxyl groups is 1. The highest BCUT2D eigenvalue weighted by Crippen LogP contribution is 2.03. The van der Waals surface area contributed by atoms with Crippen LogP contribution in [0.25, 0.3) is 0 Å². The van der Waals surface area contributed by atoms with Crippen molar-refractivity contribution in [1.82, 2.24) is 0 Å². The molecule has 0 aliphatic rings. The van der Waals surface area contributed by atoms with E-state index in [1.54, 1.807) is 6.92 Å². The zero-order valence-corrected chi connectivity index (χ0v) is 8.86. The molecule has 14 heavy (non-hydrogen) atoms. The highest BCUT2D eigenvalue weighted by Gasteiger charge is 2.13. The molecule has 0 spiro atoms. The van der Waals surface area contributed by atoms with Crippen molar-refractivity contribution in [1.29, 1.82) is 0 Å². The summed E-state index contributed by atoms with van der Waals surface area (Å²) >= 11 is 0. The Morgan fingerprint density at radius 2 is 2.14 bits per heavy atom. The molecule has 0 aromatic heterocycles. The van der Waals surface area contributed by atoms with Gasteiger partial charge in [-0.3, -0.25) is 0 Å². The third-order valence-corrected chi connectivity index (χ3v) is 1.69. The van der Waals surface area contributed by atoms with Crippen molar-refractivity contribution in [2.24, 2.45) is 0 Å². The first-order valence-corrected chi connectivity index (χ1v) is 4.61. The summed E-state index contributed by atoms with van der Waals surface area (Å²) < 4.78 is 14.4. The molecular formula is C9H18O5. The number of methoxy groups -OCH3 is 1. The Morgan fingerprint density at radius 3 is 2.57 bits per heavy atom. The van der Waals surface area contributed by atoms with E-state index in [1.807, 2.05) is 6.92 Å². The van der Waals surface area contributed by atoms with E-state index in [9.17, 15) is 4.79 Å². The van der Waals surface area contributed by atoms with E-state index in [0.29, 0.717) is 6.42 Å². The van der Waals surface area contributed by atoms with Gasteiger partial charge in [0.15, 0.2) is 0 Å². The fourth-order valence-corrected chi connectivity index (χ4v) is 0.845. The summed E-state index contributed by atoms with van der Waals surface area (Å²) in [6, 6.07) is 0. The molecule has 0 amide bonds. The predicted molar refractivity (Wildman–Crippen MR) is 50.1 cm³/mol. The van der Waals surface area contributed by atoms with Gasteiger partial charge in [-0.25, -0.2) is 4.79 Å². The van der Waals surface area contributed by atoms with Crippen LogP contribution in [0.3, 0.4) is 0 Å². The third-order valence-electron chi connectivity index (χ3n) is 1.69. The summed E-state index contributed by atoms with van der Waals surface area (Å²) in [7, 11) is 1.25. The lowest BCUT2D eigenvalue weighted by molar-refractivity contribution is -0.0617. The molecular weight excluding hydrogens is 188 g/mol. The van der Waals surface area contributed by atoms with E-state index in [-0.39, 0.29) is 25.4 Å². The van der Waals surface area contributed by atoms with Crippen molar-refractivity contribution in [3.8, 4) is 0 Å². The molecule has 0 aliphatic carbocycles. The second-order valence-corrected chi connectivity index (χ2v) is 2.92. The van der Waals surface area contributed by atoms with Gasteiger partial charge in [0.05, 0.1) is 25.9 Å². The van der Waals surface area contributed by atoms with Gasteiger partial charge in [0.25, 0.3) is 0 Å². The zero-order chi connectivity index (χ0) is 11.0. The monoisotopic (exact) mass is 206 g/mol. The Labute approximate surface area is 84.0 Å². The fraction of sp³-hybridized carbons (Fsp3) is 0.889. The van der Waals surface area contributed by atoms with Gasteiger partial charge in [-0.2, -0.15) is 0 Å². The van der Waals surface area contributed by atoms with Crippen LogP contribution in [0.1, 0.15) is 20.3 Å². The van der Waals surface area contributed by atoms with Crippen LogP contribution in [0.5, 0.6) is 0 Å². The molecule has 0 aliphatic heterocycles. The molecule has 0 fully saturated rings. The molecule has 2 unspecified atom stereocenters. The molecule has 0 saturated carbocycles. The van der Waals surface area contributed by atoms with E-state index in [0.717, 1.165) is 0 Å². The topological polar surface area (TPSA) is 65.0 Å². The van der Waals surface area contributed by atoms with Gasteiger partial charge in [-0.15, -0.1) is 0 Å². The summed E-state index contributed by atoms with van der Waals surface area (Å²) in [5.74, 6) is 0. The minimum atomic E-state index is -0.719. The van der Waals surface area contributed by atoms with Crippen molar-refractivity contribution < 1.29 is 24.1 Å². The normalized spacial score (nSPS) is 14.6. The molecule has 84 valence electrons. The third kappa shape index (κ3) is 5.77. The highest BCUT2D eigenvalue weighted by molar-refractivity contribution is 5.59. The van der Waals surface area contributed by atoms with Crippen LogP contribution in [0.2, 0.25) is 0 Å². The Balaban J connectivity index is 3.73. The van der Waals surface area contributed by atoms with E-state index in [1.165, 1.54) is 7.11 Å². The lowest BCUT2D eigenvalue weighted by Gasteiger charge is -2.19. The van der Waals surface area contributed by atoms with Crippen LogP contribution >= 0.6 is 0 Å². The smallest absolute Gasteiger partial charge is 0.438 e. The van der Waals surface area contributed by atoms with Gasteiger partial charge >= 0.3 is 6.16 Å². The molecule has 0 rings (SSSR count). The van der Waals surface area contributed by atoms with Crippen LogP contribution < -0.4 is 0 Å². The predicted octanol–water partition coefficient (Wildman–Crippen LogP) is 0.945. The average Bonchev–Trinajstić information content (AvgIpc) is 2.22. The average molecular weight is 206 g/mol. The molecule has 0 bridgehead atoms. The van der Waals surface area contributed by atoms with Crippen molar-refractivity contribution in [3.63, 3.8) is 0 Å². The Morgan fingerprint density at radius 1 is 1.50 bits per heavy atom. The molecule has 2 atom stereocenters. The second kappa shape index (κ2) is 7.58. The lowest BCUT2D eigenvalue weighted by atomic mass is 10.3. The molecule has 5 heteroatoms. The summed E-state index contributed by atoms with van der Waals surface area (Å²) in [5.41, 5.74) is 0. The minimum Gasteiger partial charge on any atom is -0.438 e. The van der Waals surface area contributed by atoms with E-state index in [2.05, 4.69) is 4.74 Å². The standard InChI is InChI=1S/C9H18O5/c1-4-8(14-7(2)5-10)6-13-9(11)12-3/h7-8,10H,4-6H2,1-3H3. The maximum atomic E-state index is 10.6.